The highest BCUT2D eigenvalue weighted by Crippen LogP contribution is 2.24. The Hall–Kier alpha value is -1.20. The Morgan fingerprint density at radius 1 is 1.42 bits per heavy atom. The van der Waals surface area contributed by atoms with Gasteiger partial charge in [-0.25, -0.2) is 4.98 Å². The maximum absolute atomic E-state index is 5.54. The summed E-state index contributed by atoms with van der Waals surface area (Å²) < 4.78 is 5.54. The summed E-state index contributed by atoms with van der Waals surface area (Å²) in [4.78, 5) is 11.3. The van der Waals surface area contributed by atoms with Crippen LogP contribution < -0.4 is 10.2 Å². The lowest BCUT2D eigenvalue weighted by atomic mass is 10.0. The lowest BCUT2D eigenvalue weighted by molar-refractivity contribution is 0.0638. The molecule has 0 radical (unpaired) electrons. The zero-order valence-corrected chi connectivity index (χ0v) is 12.1. The number of hydrogen-bond donors (Lipinski definition) is 1. The van der Waals surface area contributed by atoms with Crippen molar-refractivity contribution in [2.24, 2.45) is 0 Å². The third-order valence-electron chi connectivity index (χ3n) is 3.33. The van der Waals surface area contributed by atoms with E-state index in [0.29, 0.717) is 0 Å². The van der Waals surface area contributed by atoms with Crippen molar-refractivity contribution in [3.05, 3.63) is 18.1 Å². The van der Waals surface area contributed by atoms with Crippen LogP contribution in [0.4, 0.5) is 5.82 Å². The maximum Gasteiger partial charge on any atom is 0.148 e. The van der Waals surface area contributed by atoms with Gasteiger partial charge in [-0.3, -0.25) is 4.98 Å². The molecule has 1 aromatic heterocycles. The van der Waals surface area contributed by atoms with Crippen molar-refractivity contribution < 1.29 is 4.74 Å². The van der Waals surface area contributed by atoms with E-state index in [1.807, 2.05) is 12.4 Å². The number of nitrogens with zero attached hydrogens (tertiary/aromatic N) is 3. The molecule has 5 heteroatoms. The first-order valence-electron chi connectivity index (χ1n) is 7.00. The lowest BCUT2D eigenvalue weighted by Crippen LogP contribution is -2.53. The smallest absolute Gasteiger partial charge is 0.148 e. The van der Waals surface area contributed by atoms with Crippen LogP contribution in [0.5, 0.6) is 0 Å². The van der Waals surface area contributed by atoms with E-state index < -0.39 is 0 Å². The summed E-state index contributed by atoms with van der Waals surface area (Å²) in [5.74, 6) is 0.948. The number of morpholine rings is 1. The molecular formula is C14H24N4O. The molecule has 0 saturated carbocycles. The van der Waals surface area contributed by atoms with Gasteiger partial charge in [0, 0.05) is 19.3 Å². The van der Waals surface area contributed by atoms with Crippen molar-refractivity contribution in [3.63, 3.8) is 0 Å². The minimum atomic E-state index is -0.0254. The molecule has 0 atom stereocenters. The zero-order valence-electron chi connectivity index (χ0n) is 12.1. The van der Waals surface area contributed by atoms with Gasteiger partial charge in [-0.1, -0.05) is 6.92 Å². The van der Waals surface area contributed by atoms with E-state index in [4.69, 9.17) is 9.72 Å². The van der Waals surface area contributed by atoms with Crippen LogP contribution in [0, 0.1) is 0 Å². The highest BCUT2D eigenvalue weighted by molar-refractivity contribution is 5.40. The van der Waals surface area contributed by atoms with Gasteiger partial charge in [0.05, 0.1) is 30.6 Å². The number of nitrogens with one attached hydrogen (secondary N) is 1. The second-order valence-corrected chi connectivity index (χ2v) is 5.56. The Kier molecular flexibility index (Phi) is 4.71. The monoisotopic (exact) mass is 264 g/mol. The molecule has 19 heavy (non-hydrogen) atoms. The largest absolute Gasteiger partial charge is 0.377 e. The van der Waals surface area contributed by atoms with Crippen LogP contribution in [0.25, 0.3) is 0 Å². The molecule has 1 fully saturated rings. The van der Waals surface area contributed by atoms with Gasteiger partial charge in [0.15, 0.2) is 0 Å². The lowest BCUT2D eigenvalue weighted by Gasteiger charge is -2.42. The molecule has 0 unspecified atom stereocenters. The molecule has 1 N–H and O–H groups in total. The Labute approximate surface area is 115 Å². The van der Waals surface area contributed by atoms with E-state index in [9.17, 15) is 0 Å². The summed E-state index contributed by atoms with van der Waals surface area (Å²) in [6.07, 6.45) is 4.81. The molecule has 2 rings (SSSR count). The molecule has 106 valence electrons. The molecule has 5 nitrogen and oxygen atoms in total. The van der Waals surface area contributed by atoms with E-state index in [1.54, 1.807) is 0 Å². The predicted octanol–water partition coefficient (Wildman–Crippen LogP) is 1.59. The third-order valence-corrected chi connectivity index (χ3v) is 3.33. The summed E-state index contributed by atoms with van der Waals surface area (Å²) in [6, 6.07) is 0. The molecule has 0 aromatic carbocycles. The summed E-state index contributed by atoms with van der Waals surface area (Å²) in [6.45, 7) is 10.6. The molecule has 0 spiro atoms. The van der Waals surface area contributed by atoms with Crippen LogP contribution in [-0.2, 0) is 11.3 Å². The van der Waals surface area contributed by atoms with Gasteiger partial charge >= 0.3 is 0 Å². The summed E-state index contributed by atoms with van der Waals surface area (Å²) >= 11 is 0. The first-order valence-corrected chi connectivity index (χ1v) is 7.00. The van der Waals surface area contributed by atoms with Gasteiger partial charge in [-0.05, 0) is 26.8 Å². The second kappa shape index (κ2) is 6.30. The number of rotatable bonds is 5. The van der Waals surface area contributed by atoms with Crippen LogP contribution in [0.3, 0.4) is 0 Å². The topological polar surface area (TPSA) is 50.3 Å². The van der Waals surface area contributed by atoms with E-state index in [1.165, 1.54) is 0 Å². The SMILES string of the molecule is CCCNCc1cncc(N2CCOCC2(C)C)n1. The molecular weight excluding hydrogens is 240 g/mol. The minimum Gasteiger partial charge on any atom is -0.377 e. The van der Waals surface area contributed by atoms with Gasteiger partial charge in [0.25, 0.3) is 0 Å². The molecule has 0 amide bonds. The standard InChI is InChI=1S/C14H24N4O/c1-4-5-15-8-12-9-16-10-13(17-12)18-6-7-19-11-14(18,2)3/h9-10,15H,4-8,11H2,1-3H3. The maximum atomic E-state index is 5.54. The van der Waals surface area contributed by atoms with Gasteiger partial charge < -0.3 is 15.0 Å². The first kappa shape index (κ1) is 14.2. The van der Waals surface area contributed by atoms with Crippen molar-refractivity contribution in [2.75, 3.05) is 31.2 Å². The van der Waals surface area contributed by atoms with E-state index in [0.717, 1.165) is 50.8 Å². The van der Waals surface area contributed by atoms with Gasteiger partial charge in [0.1, 0.15) is 5.82 Å². The highest BCUT2D eigenvalue weighted by atomic mass is 16.5. The predicted molar refractivity (Wildman–Crippen MR) is 76.3 cm³/mol. The van der Waals surface area contributed by atoms with E-state index >= 15 is 0 Å². The van der Waals surface area contributed by atoms with Crippen LogP contribution in [0.1, 0.15) is 32.9 Å². The Bertz CT molecular complexity index is 408. The van der Waals surface area contributed by atoms with E-state index in [2.05, 4.69) is 36.0 Å². The molecule has 1 aliphatic rings. The molecule has 1 aromatic rings. The van der Waals surface area contributed by atoms with E-state index in [-0.39, 0.29) is 5.54 Å². The van der Waals surface area contributed by atoms with Crippen LogP contribution in [-0.4, -0.2) is 41.8 Å². The Balaban J connectivity index is 2.09. The summed E-state index contributed by atoms with van der Waals surface area (Å²) in [5.41, 5.74) is 0.968. The number of aromatic nitrogens is 2. The average Bonchev–Trinajstić information content (AvgIpc) is 2.39. The summed E-state index contributed by atoms with van der Waals surface area (Å²) in [7, 11) is 0. The van der Waals surface area contributed by atoms with Crippen molar-refractivity contribution >= 4 is 5.82 Å². The second-order valence-electron chi connectivity index (χ2n) is 5.56. The normalized spacial score (nSPS) is 18.6. The number of ether oxygens (including phenoxy) is 1. The van der Waals surface area contributed by atoms with Gasteiger partial charge in [-0.15, -0.1) is 0 Å². The average molecular weight is 264 g/mol. The quantitative estimate of drug-likeness (QED) is 0.819. The van der Waals surface area contributed by atoms with Crippen LogP contribution >= 0.6 is 0 Å². The Morgan fingerprint density at radius 3 is 3.00 bits per heavy atom. The summed E-state index contributed by atoms with van der Waals surface area (Å²) in [5, 5.41) is 3.36. The van der Waals surface area contributed by atoms with Crippen molar-refractivity contribution in [1.82, 2.24) is 15.3 Å². The van der Waals surface area contributed by atoms with Crippen LogP contribution in [0.15, 0.2) is 12.4 Å². The molecule has 0 aliphatic carbocycles. The minimum absolute atomic E-state index is 0.0254. The number of hydrogen-bond acceptors (Lipinski definition) is 5. The van der Waals surface area contributed by atoms with Gasteiger partial charge in [0.2, 0.25) is 0 Å². The third kappa shape index (κ3) is 3.64. The van der Waals surface area contributed by atoms with Crippen molar-refractivity contribution in [3.8, 4) is 0 Å². The fourth-order valence-electron chi connectivity index (χ4n) is 2.29. The molecule has 2 heterocycles. The molecule has 1 saturated heterocycles. The molecule has 0 bridgehead atoms. The first-order chi connectivity index (χ1) is 9.13. The zero-order chi connectivity index (χ0) is 13.7. The molecule has 1 aliphatic heterocycles. The number of anilines is 1. The fraction of sp³-hybridized carbons (Fsp3) is 0.714. The van der Waals surface area contributed by atoms with Crippen molar-refractivity contribution in [1.29, 1.82) is 0 Å². The highest BCUT2D eigenvalue weighted by Gasteiger charge is 2.31. The van der Waals surface area contributed by atoms with Gasteiger partial charge in [-0.2, -0.15) is 0 Å². The Morgan fingerprint density at radius 2 is 2.26 bits per heavy atom. The fourth-order valence-corrected chi connectivity index (χ4v) is 2.29. The van der Waals surface area contributed by atoms with Crippen molar-refractivity contribution in [2.45, 2.75) is 39.3 Å². The van der Waals surface area contributed by atoms with Crippen LogP contribution in [0.2, 0.25) is 0 Å².